The number of benzene rings is 1. The highest BCUT2D eigenvalue weighted by Gasteiger charge is 2.16. The van der Waals surface area contributed by atoms with Crippen molar-refractivity contribution in [2.75, 3.05) is 0 Å². The average Bonchev–Trinajstić information content (AvgIpc) is 3.24. The number of nitrogens with zero attached hydrogens (tertiary/aromatic N) is 3. The van der Waals surface area contributed by atoms with Gasteiger partial charge in [0.15, 0.2) is 5.82 Å². The van der Waals surface area contributed by atoms with Crippen LogP contribution in [0.3, 0.4) is 0 Å². The summed E-state index contributed by atoms with van der Waals surface area (Å²) in [6.07, 6.45) is 0. The van der Waals surface area contributed by atoms with Crippen LogP contribution in [0, 0.1) is 10.1 Å². The number of rotatable bonds is 3. The Morgan fingerprint density at radius 1 is 1.08 bits per heavy atom. The van der Waals surface area contributed by atoms with Crippen LogP contribution in [0.25, 0.3) is 32.0 Å². The molecule has 0 saturated carbocycles. The van der Waals surface area contributed by atoms with E-state index in [1.165, 1.54) is 23.5 Å². The van der Waals surface area contributed by atoms with Crippen molar-refractivity contribution in [2.45, 2.75) is 0 Å². The van der Waals surface area contributed by atoms with Crippen LogP contribution < -0.4 is 0 Å². The molecule has 0 saturated heterocycles. The fourth-order valence-electron chi connectivity index (χ4n) is 2.37. The standard InChI is InChI=1S/C16H8ClN3O2S2/c17-14-13-11(12-2-1-7-23-12)8-24-16(13)19-15(18-14)9-3-5-10(6-4-9)20(21)22/h1-8H. The Bertz CT molecular complexity index is 1040. The highest BCUT2D eigenvalue weighted by atomic mass is 35.5. The molecule has 3 aromatic heterocycles. The molecule has 0 spiro atoms. The molecule has 5 nitrogen and oxygen atoms in total. The third-order valence-corrected chi connectivity index (χ3v) is 5.56. The lowest BCUT2D eigenvalue weighted by atomic mass is 10.2. The quantitative estimate of drug-likeness (QED) is 0.264. The van der Waals surface area contributed by atoms with Crippen molar-refractivity contribution in [3.05, 3.63) is 62.4 Å². The second-order valence-electron chi connectivity index (χ2n) is 4.95. The van der Waals surface area contributed by atoms with E-state index >= 15 is 0 Å². The van der Waals surface area contributed by atoms with Crippen LogP contribution in [0.15, 0.2) is 47.2 Å². The van der Waals surface area contributed by atoms with E-state index in [4.69, 9.17) is 11.6 Å². The maximum atomic E-state index is 10.7. The molecule has 0 amide bonds. The topological polar surface area (TPSA) is 68.9 Å². The van der Waals surface area contributed by atoms with Gasteiger partial charge in [0.25, 0.3) is 5.69 Å². The van der Waals surface area contributed by atoms with Crippen molar-refractivity contribution in [1.82, 2.24) is 9.97 Å². The van der Waals surface area contributed by atoms with Gasteiger partial charge < -0.3 is 0 Å². The van der Waals surface area contributed by atoms with Crippen molar-refractivity contribution >= 4 is 50.2 Å². The molecule has 1 aromatic carbocycles. The minimum Gasteiger partial charge on any atom is -0.258 e. The minimum absolute atomic E-state index is 0.0297. The molecule has 24 heavy (non-hydrogen) atoms. The van der Waals surface area contributed by atoms with Gasteiger partial charge in [-0.3, -0.25) is 10.1 Å². The lowest BCUT2D eigenvalue weighted by Crippen LogP contribution is -1.92. The molecule has 0 unspecified atom stereocenters. The van der Waals surface area contributed by atoms with E-state index in [0.29, 0.717) is 16.5 Å². The second kappa shape index (κ2) is 5.94. The maximum Gasteiger partial charge on any atom is 0.269 e. The molecular formula is C16H8ClN3O2S2. The molecule has 4 aromatic rings. The van der Waals surface area contributed by atoms with E-state index in [9.17, 15) is 10.1 Å². The van der Waals surface area contributed by atoms with Crippen LogP contribution in [-0.2, 0) is 0 Å². The average molecular weight is 374 g/mol. The zero-order valence-electron chi connectivity index (χ0n) is 12.0. The van der Waals surface area contributed by atoms with E-state index in [-0.39, 0.29) is 5.69 Å². The number of non-ortho nitro benzene ring substituents is 1. The lowest BCUT2D eigenvalue weighted by molar-refractivity contribution is -0.384. The number of thiophene rings is 2. The van der Waals surface area contributed by atoms with Crippen LogP contribution in [0.2, 0.25) is 5.15 Å². The summed E-state index contributed by atoms with van der Waals surface area (Å²) in [5.41, 5.74) is 1.75. The van der Waals surface area contributed by atoms with Crippen molar-refractivity contribution in [3.63, 3.8) is 0 Å². The summed E-state index contributed by atoms with van der Waals surface area (Å²) in [6.45, 7) is 0. The van der Waals surface area contributed by atoms with Crippen LogP contribution in [0.5, 0.6) is 0 Å². The van der Waals surface area contributed by atoms with Crippen LogP contribution in [0.1, 0.15) is 0 Å². The molecule has 118 valence electrons. The molecule has 0 aliphatic heterocycles. The summed E-state index contributed by atoms with van der Waals surface area (Å²) < 4.78 is 0. The first-order valence-corrected chi connectivity index (χ1v) is 9.00. The third-order valence-electron chi connectivity index (χ3n) is 3.51. The summed E-state index contributed by atoms with van der Waals surface area (Å²) in [6, 6.07) is 10.1. The Hall–Kier alpha value is -2.35. The predicted octanol–water partition coefficient (Wildman–Crippen LogP) is 5.65. The molecule has 0 N–H and O–H groups in total. The van der Waals surface area contributed by atoms with Gasteiger partial charge in [-0.25, -0.2) is 9.97 Å². The van der Waals surface area contributed by atoms with Gasteiger partial charge >= 0.3 is 0 Å². The van der Waals surface area contributed by atoms with Gasteiger partial charge in [0.2, 0.25) is 0 Å². The summed E-state index contributed by atoms with van der Waals surface area (Å²) >= 11 is 9.55. The molecule has 8 heteroatoms. The van der Waals surface area contributed by atoms with Gasteiger partial charge in [-0.05, 0) is 23.6 Å². The molecule has 0 bridgehead atoms. The third kappa shape index (κ3) is 2.56. The largest absolute Gasteiger partial charge is 0.269 e. The zero-order valence-corrected chi connectivity index (χ0v) is 14.4. The Morgan fingerprint density at radius 2 is 1.88 bits per heavy atom. The molecule has 0 atom stereocenters. The van der Waals surface area contributed by atoms with Crippen molar-refractivity contribution in [3.8, 4) is 21.8 Å². The van der Waals surface area contributed by atoms with Gasteiger partial charge in [-0.15, -0.1) is 22.7 Å². The number of halogens is 1. The van der Waals surface area contributed by atoms with Gasteiger partial charge in [-0.1, -0.05) is 17.7 Å². The second-order valence-corrected chi connectivity index (χ2v) is 7.11. The highest BCUT2D eigenvalue weighted by Crippen LogP contribution is 2.39. The van der Waals surface area contributed by atoms with Crippen molar-refractivity contribution in [1.29, 1.82) is 0 Å². The molecule has 0 aliphatic rings. The van der Waals surface area contributed by atoms with Crippen molar-refractivity contribution < 1.29 is 4.92 Å². The first-order valence-electron chi connectivity index (χ1n) is 6.87. The Labute approximate surface area is 149 Å². The predicted molar refractivity (Wildman–Crippen MR) is 97.8 cm³/mol. The zero-order chi connectivity index (χ0) is 16.7. The van der Waals surface area contributed by atoms with Crippen LogP contribution in [-0.4, -0.2) is 14.9 Å². The van der Waals surface area contributed by atoms with E-state index in [0.717, 1.165) is 20.7 Å². The fraction of sp³-hybridized carbons (Fsp3) is 0. The number of hydrogen-bond donors (Lipinski definition) is 0. The fourth-order valence-corrected chi connectivity index (χ4v) is 4.46. The first-order chi connectivity index (χ1) is 11.6. The number of aromatic nitrogens is 2. The van der Waals surface area contributed by atoms with Crippen molar-refractivity contribution in [2.24, 2.45) is 0 Å². The van der Waals surface area contributed by atoms with E-state index in [1.807, 2.05) is 22.9 Å². The smallest absolute Gasteiger partial charge is 0.258 e. The number of nitro groups is 1. The van der Waals surface area contributed by atoms with E-state index in [1.54, 1.807) is 23.5 Å². The Morgan fingerprint density at radius 3 is 2.54 bits per heavy atom. The number of nitro benzene ring substituents is 1. The van der Waals surface area contributed by atoms with Gasteiger partial charge in [0.1, 0.15) is 9.98 Å². The Kier molecular flexibility index (Phi) is 3.76. The molecular weight excluding hydrogens is 366 g/mol. The maximum absolute atomic E-state index is 10.7. The number of hydrogen-bond acceptors (Lipinski definition) is 6. The summed E-state index contributed by atoms with van der Waals surface area (Å²) in [5.74, 6) is 0.460. The SMILES string of the molecule is O=[N+]([O-])c1ccc(-c2nc(Cl)c3c(-c4cccs4)csc3n2)cc1. The molecule has 0 aliphatic carbocycles. The first kappa shape index (κ1) is 15.2. The van der Waals surface area contributed by atoms with E-state index < -0.39 is 4.92 Å². The monoisotopic (exact) mass is 373 g/mol. The summed E-state index contributed by atoms with van der Waals surface area (Å²) in [7, 11) is 0. The molecule has 0 radical (unpaired) electrons. The summed E-state index contributed by atoms with van der Waals surface area (Å²) in [5, 5.41) is 16.0. The molecule has 0 fully saturated rings. The Balaban J connectivity index is 1.83. The number of fused-ring (bicyclic) bond motifs is 1. The highest BCUT2D eigenvalue weighted by molar-refractivity contribution is 7.18. The molecule has 3 heterocycles. The normalized spacial score (nSPS) is 11.0. The van der Waals surface area contributed by atoms with Gasteiger partial charge in [-0.2, -0.15) is 0 Å². The summed E-state index contributed by atoms with van der Waals surface area (Å²) in [4.78, 5) is 21.2. The van der Waals surface area contributed by atoms with Gasteiger partial charge in [0, 0.05) is 33.5 Å². The minimum atomic E-state index is -0.437. The van der Waals surface area contributed by atoms with Gasteiger partial charge in [0.05, 0.1) is 10.3 Å². The van der Waals surface area contributed by atoms with Crippen LogP contribution >= 0.6 is 34.3 Å². The van der Waals surface area contributed by atoms with E-state index in [2.05, 4.69) is 9.97 Å². The lowest BCUT2D eigenvalue weighted by Gasteiger charge is -2.03. The molecule has 4 rings (SSSR count). The van der Waals surface area contributed by atoms with Crippen LogP contribution in [0.4, 0.5) is 5.69 Å².